The van der Waals surface area contributed by atoms with E-state index >= 15 is 0 Å². The van der Waals surface area contributed by atoms with Crippen molar-refractivity contribution >= 4 is 17.9 Å². The third-order valence-electron chi connectivity index (χ3n) is 10.7. The largest absolute Gasteiger partial charge is 0.462 e. The van der Waals surface area contributed by atoms with Gasteiger partial charge in [0.1, 0.15) is 13.2 Å². The van der Waals surface area contributed by atoms with E-state index in [1.807, 2.05) is 6.08 Å². The van der Waals surface area contributed by atoms with Gasteiger partial charge in [-0.2, -0.15) is 0 Å². The van der Waals surface area contributed by atoms with Gasteiger partial charge in [0.25, 0.3) is 0 Å². The van der Waals surface area contributed by atoms with Crippen LogP contribution in [0.25, 0.3) is 0 Å². The van der Waals surface area contributed by atoms with E-state index in [4.69, 9.17) is 14.2 Å². The van der Waals surface area contributed by atoms with Crippen LogP contribution in [-0.2, 0) is 28.6 Å². The molecule has 6 nitrogen and oxygen atoms in total. The number of ether oxygens (including phenoxy) is 3. The summed E-state index contributed by atoms with van der Waals surface area (Å²) in [6.07, 6.45) is 73.4. The first-order valence-corrected chi connectivity index (χ1v) is 26.5. The van der Waals surface area contributed by atoms with Crippen LogP contribution in [-0.4, -0.2) is 37.2 Å². The molecular weight excluding hydrogens is 817 g/mol. The van der Waals surface area contributed by atoms with Gasteiger partial charge in [-0.3, -0.25) is 14.4 Å². The van der Waals surface area contributed by atoms with Crippen LogP contribution >= 0.6 is 0 Å². The van der Waals surface area contributed by atoms with Crippen molar-refractivity contribution in [2.24, 2.45) is 0 Å². The van der Waals surface area contributed by atoms with E-state index in [2.05, 4.69) is 136 Å². The zero-order chi connectivity index (χ0) is 47.9. The van der Waals surface area contributed by atoms with Crippen LogP contribution in [0.5, 0.6) is 0 Å². The van der Waals surface area contributed by atoms with Gasteiger partial charge in [0, 0.05) is 19.3 Å². The van der Waals surface area contributed by atoms with Gasteiger partial charge in [-0.15, -0.1) is 0 Å². The van der Waals surface area contributed by atoms with Crippen LogP contribution in [0.3, 0.4) is 0 Å². The second-order valence-electron chi connectivity index (χ2n) is 17.0. The third kappa shape index (κ3) is 50.8. The smallest absolute Gasteiger partial charge is 0.306 e. The monoisotopic (exact) mass is 913 g/mol. The van der Waals surface area contributed by atoms with Gasteiger partial charge in [0.05, 0.1) is 0 Å². The minimum atomic E-state index is -0.827. The lowest BCUT2D eigenvalue weighted by Crippen LogP contribution is -2.30. The van der Waals surface area contributed by atoms with Gasteiger partial charge in [0.15, 0.2) is 6.10 Å². The summed E-state index contributed by atoms with van der Waals surface area (Å²) in [5, 5.41) is 0. The topological polar surface area (TPSA) is 78.9 Å². The molecule has 0 saturated heterocycles. The lowest BCUT2D eigenvalue weighted by Gasteiger charge is -2.18. The summed E-state index contributed by atoms with van der Waals surface area (Å²) in [7, 11) is 0. The Balaban J connectivity index is 4.53. The SMILES string of the molecule is CC/C=C\C/C=C\C/C=C\C/C=C\CCCCCCCCC(=O)OCC(COC(=O)CC/C=C\C/C=C\CCCCCCCC)OC(=O)CCCCC/C=C\C/C=C\C/C=C\C/C=C\CC. The van der Waals surface area contributed by atoms with Crippen LogP contribution in [0.2, 0.25) is 0 Å². The summed E-state index contributed by atoms with van der Waals surface area (Å²) in [6, 6.07) is 0. The Bertz CT molecular complexity index is 1420. The Morgan fingerprint density at radius 2 is 0.621 bits per heavy atom. The molecule has 0 aliphatic heterocycles. The first-order valence-electron chi connectivity index (χ1n) is 26.5. The Hall–Kier alpha value is -4.19. The molecule has 0 N–H and O–H groups in total. The maximum absolute atomic E-state index is 12.8. The summed E-state index contributed by atoms with van der Waals surface area (Å²) in [4.78, 5) is 38.0. The molecule has 0 aromatic rings. The van der Waals surface area contributed by atoms with Crippen LogP contribution in [0.15, 0.2) is 122 Å². The predicted octanol–water partition coefficient (Wildman–Crippen LogP) is 17.7. The third-order valence-corrected chi connectivity index (χ3v) is 10.7. The summed E-state index contributed by atoms with van der Waals surface area (Å²) >= 11 is 0. The molecule has 0 spiro atoms. The Morgan fingerprint density at radius 3 is 1.03 bits per heavy atom. The standard InChI is InChI=1S/C60H96O6/c1-4-7-10-13-16-19-22-25-27-29-30-31-33-35-38-41-44-47-50-53-59(62)65-56-57(55-64-58(61)52-49-46-43-40-37-34-24-21-18-15-12-9-6-3)66-60(63)54-51-48-45-42-39-36-32-28-26-23-20-17-14-11-8-5-2/h7-8,10-11,16-17,19-20,25-28,30-31,34,36-37,39,43,46,57H,4-6,9,12-15,18,21-24,29,32-33,35,38,40-42,44-45,47-56H2,1-3H3/b10-7-,11-8-,19-16-,20-17-,27-25-,28-26-,31-30-,37-34-,39-36-,46-43-. The molecule has 0 radical (unpaired) electrons. The van der Waals surface area contributed by atoms with Crippen molar-refractivity contribution in [1.29, 1.82) is 0 Å². The van der Waals surface area contributed by atoms with Crippen molar-refractivity contribution in [3.8, 4) is 0 Å². The van der Waals surface area contributed by atoms with E-state index in [1.165, 1.54) is 51.4 Å². The zero-order valence-electron chi connectivity index (χ0n) is 42.4. The molecule has 6 heteroatoms. The summed E-state index contributed by atoms with van der Waals surface area (Å²) in [6.45, 7) is 6.30. The number of hydrogen-bond donors (Lipinski definition) is 0. The average molecular weight is 913 g/mol. The first kappa shape index (κ1) is 61.8. The Morgan fingerprint density at radius 1 is 0.318 bits per heavy atom. The number of unbranched alkanes of at least 4 members (excludes halogenated alkanes) is 15. The molecule has 0 aliphatic carbocycles. The maximum atomic E-state index is 12.8. The molecule has 0 aromatic heterocycles. The van der Waals surface area contributed by atoms with Crippen LogP contribution in [0.1, 0.15) is 220 Å². The minimum absolute atomic E-state index is 0.119. The molecule has 372 valence electrons. The van der Waals surface area contributed by atoms with E-state index in [9.17, 15) is 14.4 Å². The van der Waals surface area contributed by atoms with Gasteiger partial charge >= 0.3 is 17.9 Å². The van der Waals surface area contributed by atoms with Crippen molar-refractivity contribution < 1.29 is 28.6 Å². The summed E-state index contributed by atoms with van der Waals surface area (Å²) in [5.74, 6) is -1.04. The molecule has 0 aromatic carbocycles. The number of rotatable bonds is 46. The number of allylic oxidation sites excluding steroid dienone is 20. The molecule has 0 aliphatic rings. The molecule has 1 unspecified atom stereocenters. The molecule has 0 fully saturated rings. The number of hydrogen-bond acceptors (Lipinski definition) is 6. The fourth-order valence-corrected chi connectivity index (χ4v) is 6.77. The van der Waals surface area contributed by atoms with Gasteiger partial charge in [0.2, 0.25) is 0 Å². The molecule has 1 atom stereocenters. The average Bonchev–Trinajstić information content (AvgIpc) is 3.31. The second kappa shape index (κ2) is 53.4. The molecule has 0 rings (SSSR count). The van der Waals surface area contributed by atoms with E-state index in [-0.39, 0.29) is 44.0 Å². The van der Waals surface area contributed by atoms with Crippen molar-refractivity contribution in [2.75, 3.05) is 13.2 Å². The number of carbonyl (C=O) groups is 3. The summed E-state index contributed by atoms with van der Waals surface area (Å²) < 4.78 is 16.7. The van der Waals surface area contributed by atoms with Crippen LogP contribution < -0.4 is 0 Å². The van der Waals surface area contributed by atoms with Crippen molar-refractivity contribution in [1.82, 2.24) is 0 Å². The number of carbonyl (C=O) groups excluding carboxylic acids is 3. The van der Waals surface area contributed by atoms with Gasteiger partial charge in [-0.25, -0.2) is 0 Å². The highest BCUT2D eigenvalue weighted by Gasteiger charge is 2.19. The lowest BCUT2D eigenvalue weighted by atomic mass is 10.1. The highest BCUT2D eigenvalue weighted by atomic mass is 16.6. The molecule has 0 saturated carbocycles. The van der Waals surface area contributed by atoms with Crippen molar-refractivity contribution in [3.05, 3.63) is 122 Å². The molecule has 0 heterocycles. The van der Waals surface area contributed by atoms with Crippen LogP contribution in [0, 0.1) is 0 Å². The number of esters is 3. The molecule has 0 bridgehead atoms. The predicted molar refractivity (Wildman–Crippen MR) is 283 cm³/mol. The fourth-order valence-electron chi connectivity index (χ4n) is 6.77. The van der Waals surface area contributed by atoms with Crippen molar-refractivity contribution in [2.45, 2.75) is 226 Å². The first-order chi connectivity index (χ1) is 32.5. The quantitative estimate of drug-likeness (QED) is 0.0262. The van der Waals surface area contributed by atoms with Crippen LogP contribution in [0.4, 0.5) is 0 Å². The van der Waals surface area contributed by atoms with Crippen molar-refractivity contribution in [3.63, 3.8) is 0 Å². The summed E-state index contributed by atoms with van der Waals surface area (Å²) in [5.41, 5.74) is 0. The highest BCUT2D eigenvalue weighted by Crippen LogP contribution is 2.12. The van der Waals surface area contributed by atoms with E-state index in [0.29, 0.717) is 19.3 Å². The van der Waals surface area contributed by atoms with Gasteiger partial charge in [-0.05, 0) is 116 Å². The maximum Gasteiger partial charge on any atom is 0.306 e. The van der Waals surface area contributed by atoms with Gasteiger partial charge in [-0.1, -0.05) is 206 Å². The zero-order valence-corrected chi connectivity index (χ0v) is 42.4. The van der Waals surface area contributed by atoms with E-state index in [0.717, 1.165) is 116 Å². The van der Waals surface area contributed by atoms with Gasteiger partial charge < -0.3 is 14.2 Å². The van der Waals surface area contributed by atoms with E-state index < -0.39 is 6.10 Å². The Labute approximate surface area is 405 Å². The fraction of sp³-hybridized carbons (Fsp3) is 0.617. The normalized spacial score (nSPS) is 13.1. The lowest BCUT2D eigenvalue weighted by molar-refractivity contribution is -0.166. The minimum Gasteiger partial charge on any atom is -0.462 e. The Kier molecular flexibility index (Phi) is 50.0. The molecule has 0 amide bonds. The van der Waals surface area contributed by atoms with E-state index in [1.54, 1.807) is 0 Å². The second-order valence-corrected chi connectivity index (χ2v) is 17.0. The highest BCUT2D eigenvalue weighted by molar-refractivity contribution is 5.71. The molecular formula is C60H96O6. The molecule has 66 heavy (non-hydrogen) atoms.